The molecule has 0 saturated heterocycles. The second-order valence-electron chi connectivity index (χ2n) is 3.39. The van der Waals surface area contributed by atoms with Crippen LogP contribution in [0.15, 0.2) is 24.4 Å². The van der Waals surface area contributed by atoms with Crippen LogP contribution in [0.4, 0.5) is 15.2 Å². The van der Waals surface area contributed by atoms with E-state index in [1.165, 1.54) is 12.3 Å². The largest absolute Gasteiger partial charge is 0.477 e. The summed E-state index contributed by atoms with van der Waals surface area (Å²) in [5.41, 5.74) is 1.05. The molecule has 4 nitrogen and oxygen atoms in total. The number of hydrogen-bond donors (Lipinski definition) is 2. The zero-order valence-electron chi connectivity index (χ0n) is 8.90. The first-order valence-electron chi connectivity index (χ1n) is 4.79. The Balaban J connectivity index is 2.28. The van der Waals surface area contributed by atoms with Crippen LogP contribution in [0.25, 0.3) is 0 Å². The van der Waals surface area contributed by atoms with Crippen LogP contribution >= 0.6 is 11.3 Å². The molecule has 0 aliphatic heterocycles. The quantitative estimate of drug-likeness (QED) is 0.881. The number of aromatic carboxylic acids is 1. The van der Waals surface area contributed by atoms with E-state index >= 15 is 0 Å². The van der Waals surface area contributed by atoms with E-state index in [4.69, 9.17) is 5.11 Å². The second kappa shape index (κ2) is 4.50. The van der Waals surface area contributed by atoms with Crippen molar-refractivity contribution in [3.8, 4) is 0 Å². The third-order valence-corrected chi connectivity index (χ3v) is 3.07. The molecule has 0 amide bonds. The van der Waals surface area contributed by atoms with E-state index in [-0.39, 0.29) is 4.88 Å². The number of aryl methyl sites for hydroxylation is 1. The Hall–Kier alpha value is -1.95. The molecular formula is C11H9FN2O2S. The smallest absolute Gasteiger partial charge is 0.347 e. The summed E-state index contributed by atoms with van der Waals surface area (Å²) < 4.78 is 13.5. The van der Waals surface area contributed by atoms with E-state index in [2.05, 4.69) is 10.3 Å². The van der Waals surface area contributed by atoms with E-state index in [1.807, 2.05) is 0 Å². The van der Waals surface area contributed by atoms with Crippen molar-refractivity contribution in [3.05, 3.63) is 40.7 Å². The molecule has 88 valence electrons. The van der Waals surface area contributed by atoms with Crippen molar-refractivity contribution in [2.45, 2.75) is 6.92 Å². The van der Waals surface area contributed by atoms with Gasteiger partial charge in [0.2, 0.25) is 0 Å². The summed E-state index contributed by atoms with van der Waals surface area (Å²) in [6, 6.07) is 4.71. The van der Waals surface area contributed by atoms with Gasteiger partial charge in [0, 0.05) is 0 Å². The fourth-order valence-electron chi connectivity index (χ4n) is 1.33. The molecule has 0 bridgehead atoms. The van der Waals surface area contributed by atoms with Gasteiger partial charge < -0.3 is 10.4 Å². The number of aromatic nitrogens is 1. The lowest BCUT2D eigenvalue weighted by Crippen LogP contribution is -1.95. The lowest BCUT2D eigenvalue weighted by molar-refractivity contribution is 0.0702. The molecule has 0 spiro atoms. The summed E-state index contributed by atoms with van der Waals surface area (Å²) >= 11 is 0.965. The normalized spacial score (nSPS) is 10.2. The molecule has 2 aromatic rings. The van der Waals surface area contributed by atoms with Crippen molar-refractivity contribution < 1.29 is 14.3 Å². The van der Waals surface area contributed by atoms with Crippen LogP contribution < -0.4 is 5.32 Å². The first-order chi connectivity index (χ1) is 8.08. The highest BCUT2D eigenvalue weighted by molar-refractivity contribution is 7.17. The molecule has 0 aliphatic rings. The van der Waals surface area contributed by atoms with Gasteiger partial charge in [0.1, 0.15) is 10.7 Å². The maximum absolute atomic E-state index is 13.5. The summed E-state index contributed by atoms with van der Waals surface area (Å²) in [6.45, 7) is 1.76. The van der Waals surface area contributed by atoms with Crippen LogP contribution in [-0.4, -0.2) is 16.1 Å². The molecule has 1 aromatic heterocycles. The first kappa shape index (κ1) is 11.5. The average Bonchev–Trinajstić information content (AvgIpc) is 2.72. The minimum absolute atomic E-state index is 0.112. The van der Waals surface area contributed by atoms with E-state index in [9.17, 15) is 9.18 Å². The predicted molar refractivity (Wildman–Crippen MR) is 63.5 cm³/mol. The highest BCUT2D eigenvalue weighted by Crippen LogP contribution is 2.26. The van der Waals surface area contributed by atoms with E-state index in [0.717, 1.165) is 16.9 Å². The Morgan fingerprint density at radius 3 is 2.88 bits per heavy atom. The molecular weight excluding hydrogens is 243 g/mol. The van der Waals surface area contributed by atoms with E-state index in [1.54, 1.807) is 19.1 Å². The first-order valence-corrected chi connectivity index (χ1v) is 5.61. The number of para-hydroxylation sites is 1. The maximum Gasteiger partial charge on any atom is 0.347 e. The maximum atomic E-state index is 13.5. The molecule has 0 fully saturated rings. The van der Waals surface area contributed by atoms with Crippen molar-refractivity contribution in [2.24, 2.45) is 0 Å². The van der Waals surface area contributed by atoms with Crippen LogP contribution in [-0.2, 0) is 0 Å². The van der Waals surface area contributed by atoms with Crippen LogP contribution in [0.2, 0.25) is 0 Å². The molecule has 0 saturated carbocycles. The molecule has 0 radical (unpaired) electrons. The number of benzene rings is 1. The number of carboxylic acid groups (broad SMARTS) is 1. The standard InChI is InChI=1S/C11H9FN2O2S/c1-6-3-2-4-7(12)9(6)14-11-13-5-8(17-11)10(15)16/h2-5H,1H3,(H,13,14)(H,15,16). The van der Waals surface area contributed by atoms with E-state index in [0.29, 0.717) is 10.8 Å². The third kappa shape index (κ3) is 2.42. The number of nitrogens with one attached hydrogen (secondary N) is 1. The predicted octanol–water partition coefficient (Wildman–Crippen LogP) is 3.03. The Bertz CT molecular complexity index is 548. The lowest BCUT2D eigenvalue weighted by Gasteiger charge is -2.07. The van der Waals surface area contributed by atoms with Crippen molar-refractivity contribution in [1.82, 2.24) is 4.98 Å². The Morgan fingerprint density at radius 1 is 1.53 bits per heavy atom. The number of carbonyl (C=O) groups is 1. The molecule has 6 heteroatoms. The van der Waals surface area contributed by atoms with Crippen molar-refractivity contribution in [2.75, 3.05) is 5.32 Å². The van der Waals surface area contributed by atoms with Gasteiger partial charge in [-0.05, 0) is 18.6 Å². The zero-order chi connectivity index (χ0) is 12.4. The molecule has 1 aromatic carbocycles. The number of hydrogen-bond acceptors (Lipinski definition) is 4. The number of anilines is 2. The van der Waals surface area contributed by atoms with Gasteiger partial charge in [0.05, 0.1) is 11.9 Å². The minimum Gasteiger partial charge on any atom is -0.477 e. The fraction of sp³-hybridized carbons (Fsp3) is 0.0909. The van der Waals surface area contributed by atoms with Gasteiger partial charge in [0.25, 0.3) is 0 Å². The van der Waals surface area contributed by atoms with E-state index < -0.39 is 11.8 Å². The number of rotatable bonds is 3. The number of halogens is 1. The van der Waals surface area contributed by atoms with Crippen molar-refractivity contribution in [1.29, 1.82) is 0 Å². The highest BCUT2D eigenvalue weighted by Gasteiger charge is 2.11. The van der Waals surface area contributed by atoms with Gasteiger partial charge in [-0.3, -0.25) is 0 Å². The van der Waals surface area contributed by atoms with Gasteiger partial charge in [-0.15, -0.1) is 0 Å². The number of carboxylic acids is 1. The van der Waals surface area contributed by atoms with Crippen LogP contribution in [0.1, 0.15) is 15.2 Å². The Labute approximate surface area is 101 Å². The van der Waals surface area contributed by atoms with Gasteiger partial charge in [-0.2, -0.15) is 0 Å². The van der Waals surface area contributed by atoms with Crippen molar-refractivity contribution in [3.63, 3.8) is 0 Å². The topological polar surface area (TPSA) is 62.2 Å². The lowest BCUT2D eigenvalue weighted by atomic mass is 10.2. The summed E-state index contributed by atoms with van der Waals surface area (Å²) in [4.78, 5) is 14.7. The minimum atomic E-state index is -1.04. The summed E-state index contributed by atoms with van der Waals surface area (Å²) in [5, 5.41) is 11.9. The number of thiazole rings is 1. The van der Waals surface area contributed by atoms with Gasteiger partial charge in [-0.1, -0.05) is 23.5 Å². The van der Waals surface area contributed by atoms with Crippen LogP contribution in [0, 0.1) is 12.7 Å². The zero-order valence-corrected chi connectivity index (χ0v) is 9.71. The molecule has 0 unspecified atom stereocenters. The van der Waals surface area contributed by atoms with Crippen LogP contribution in [0.3, 0.4) is 0 Å². The summed E-state index contributed by atoms with van der Waals surface area (Å²) in [5.74, 6) is -1.43. The highest BCUT2D eigenvalue weighted by atomic mass is 32.1. The fourth-order valence-corrected chi connectivity index (χ4v) is 1.99. The average molecular weight is 252 g/mol. The Kier molecular flexibility index (Phi) is 3.06. The molecule has 2 rings (SSSR count). The molecule has 0 atom stereocenters. The monoisotopic (exact) mass is 252 g/mol. The number of nitrogens with zero attached hydrogens (tertiary/aromatic N) is 1. The Morgan fingerprint density at radius 2 is 2.29 bits per heavy atom. The summed E-state index contributed by atoms with van der Waals surface area (Å²) in [7, 11) is 0. The van der Waals surface area contributed by atoms with Crippen molar-refractivity contribution >= 4 is 28.1 Å². The second-order valence-corrected chi connectivity index (χ2v) is 4.42. The van der Waals surface area contributed by atoms with Gasteiger partial charge in [-0.25, -0.2) is 14.2 Å². The van der Waals surface area contributed by atoms with Crippen LogP contribution in [0.5, 0.6) is 0 Å². The van der Waals surface area contributed by atoms with Gasteiger partial charge >= 0.3 is 5.97 Å². The van der Waals surface area contributed by atoms with Gasteiger partial charge in [0.15, 0.2) is 5.13 Å². The molecule has 1 heterocycles. The SMILES string of the molecule is Cc1cccc(F)c1Nc1ncc(C(=O)O)s1. The molecule has 2 N–H and O–H groups in total. The third-order valence-electron chi connectivity index (χ3n) is 2.17. The molecule has 0 aliphatic carbocycles. The summed E-state index contributed by atoms with van der Waals surface area (Å²) in [6.07, 6.45) is 1.24. The molecule has 17 heavy (non-hydrogen) atoms.